The maximum Gasteiger partial charge on any atom is 0.174 e. The van der Waals surface area contributed by atoms with Crippen LogP contribution in [0.4, 0.5) is 0 Å². The van der Waals surface area contributed by atoms with Gasteiger partial charge in [0.2, 0.25) is 0 Å². The third-order valence-corrected chi connectivity index (χ3v) is 7.94. The smallest absolute Gasteiger partial charge is 0.174 e. The molecule has 104 valence electrons. The van der Waals surface area contributed by atoms with Crippen molar-refractivity contribution < 1.29 is 4.79 Å². The highest BCUT2D eigenvalue weighted by molar-refractivity contribution is 8.21. The molecule has 0 aromatic heterocycles. The van der Waals surface area contributed by atoms with Gasteiger partial charge in [0.1, 0.15) is 0 Å². The highest BCUT2D eigenvalue weighted by Gasteiger charge is 2.57. The third kappa shape index (κ3) is 1.97. The lowest BCUT2D eigenvalue weighted by molar-refractivity contribution is -0.119. The Kier molecular flexibility index (Phi) is 3.20. The van der Waals surface area contributed by atoms with Crippen LogP contribution in [0.2, 0.25) is 0 Å². The van der Waals surface area contributed by atoms with E-state index in [0.717, 1.165) is 13.0 Å². The predicted molar refractivity (Wildman–Crippen MR) is 86.0 cm³/mol. The molecular formula is C16H17NOS2. The van der Waals surface area contributed by atoms with E-state index in [1.165, 1.54) is 17.1 Å². The molecule has 20 heavy (non-hydrogen) atoms. The lowest BCUT2D eigenvalue weighted by atomic mass is 10.1. The van der Waals surface area contributed by atoms with E-state index in [9.17, 15) is 4.79 Å². The van der Waals surface area contributed by atoms with E-state index in [-0.39, 0.29) is 10.1 Å². The first-order chi connectivity index (χ1) is 9.78. The van der Waals surface area contributed by atoms with Crippen LogP contribution in [-0.4, -0.2) is 38.4 Å². The van der Waals surface area contributed by atoms with E-state index in [0.29, 0.717) is 11.8 Å². The summed E-state index contributed by atoms with van der Waals surface area (Å²) in [6.45, 7) is 0.884. The largest absolute Gasteiger partial charge is 0.293 e. The summed E-state index contributed by atoms with van der Waals surface area (Å²) in [5.41, 5.74) is 1.30. The zero-order valence-corrected chi connectivity index (χ0v) is 12.8. The van der Waals surface area contributed by atoms with E-state index < -0.39 is 0 Å². The van der Waals surface area contributed by atoms with Crippen molar-refractivity contribution in [2.45, 2.75) is 29.1 Å². The zero-order chi connectivity index (χ0) is 13.6. The number of nitrogens with zero attached hydrogens (tertiary/aromatic N) is 1. The van der Waals surface area contributed by atoms with Crippen LogP contribution in [0.25, 0.3) is 0 Å². The average Bonchev–Trinajstić information content (AvgIpc) is 3.00. The van der Waals surface area contributed by atoms with Gasteiger partial charge in [-0.2, -0.15) is 0 Å². The standard InChI is InChI=1S/C16H17NOS2/c18-14-7-6-13-10-16(19-8-9-20-16)15(14)17(13)11-12-4-2-1-3-5-12/h1-7,13,15H,8-11H2. The van der Waals surface area contributed by atoms with E-state index in [2.05, 4.69) is 35.2 Å². The number of carbonyl (C=O) groups excluding carboxylic acids is 1. The molecule has 2 fully saturated rings. The third-order valence-electron chi connectivity index (χ3n) is 4.40. The van der Waals surface area contributed by atoms with E-state index >= 15 is 0 Å². The molecule has 4 rings (SSSR count). The summed E-state index contributed by atoms with van der Waals surface area (Å²) < 4.78 is 0.111. The molecule has 4 heteroatoms. The van der Waals surface area contributed by atoms with E-state index in [1.807, 2.05) is 35.7 Å². The Morgan fingerprint density at radius 2 is 1.95 bits per heavy atom. The molecule has 2 atom stereocenters. The fourth-order valence-electron chi connectivity index (χ4n) is 3.57. The molecule has 0 saturated carbocycles. The Bertz CT molecular complexity index is 551. The van der Waals surface area contributed by atoms with Crippen molar-refractivity contribution in [2.24, 2.45) is 0 Å². The van der Waals surface area contributed by atoms with Crippen LogP contribution in [0.15, 0.2) is 42.5 Å². The molecule has 2 unspecified atom stereocenters. The summed E-state index contributed by atoms with van der Waals surface area (Å²) >= 11 is 4.01. The van der Waals surface area contributed by atoms with Crippen LogP contribution in [0.5, 0.6) is 0 Å². The number of ketones is 1. The number of fused-ring (bicyclic) bond motifs is 3. The van der Waals surface area contributed by atoms with Crippen LogP contribution in [0.3, 0.4) is 0 Å². The number of thioether (sulfide) groups is 2. The van der Waals surface area contributed by atoms with Crippen molar-refractivity contribution in [1.29, 1.82) is 0 Å². The molecule has 0 amide bonds. The van der Waals surface area contributed by atoms with Crippen LogP contribution >= 0.6 is 23.5 Å². The molecule has 2 saturated heterocycles. The highest BCUT2D eigenvalue weighted by atomic mass is 32.2. The maximum absolute atomic E-state index is 12.5. The van der Waals surface area contributed by atoms with Crippen LogP contribution < -0.4 is 0 Å². The van der Waals surface area contributed by atoms with Gasteiger partial charge in [-0.15, -0.1) is 23.5 Å². The predicted octanol–water partition coefficient (Wildman–Crippen LogP) is 2.94. The summed E-state index contributed by atoms with van der Waals surface area (Å²) in [5.74, 6) is 2.66. The molecule has 2 bridgehead atoms. The Balaban J connectivity index is 1.66. The first-order valence-corrected chi connectivity index (χ1v) is 9.05. The number of carbonyl (C=O) groups is 1. The Morgan fingerprint density at radius 3 is 2.70 bits per heavy atom. The number of rotatable bonds is 2. The van der Waals surface area contributed by atoms with Gasteiger partial charge in [0.15, 0.2) is 5.78 Å². The summed E-state index contributed by atoms with van der Waals surface area (Å²) in [6.07, 6.45) is 5.06. The molecule has 3 aliphatic heterocycles. The molecule has 3 aliphatic rings. The Labute approximate surface area is 128 Å². The second kappa shape index (κ2) is 4.93. The second-order valence-electron chi connectivity index (χ2n) is 5.60. The lowest BCUT2D eigenvalue weighted by Crippen LogP contribution is -2.47. The van der Waals surface area contributed by atoms with Gasteiger partial charge in [-0.3, -0.25) is 9.69 Å². The molecule has 0 radical (unpaired) electrons. The molecular weight excluding hydrogens is 286 g/mol. The van der Waals surface area contributed by atoms with Gasteiger partial charge in [-0.1, -0.05) is 36.4 Å². The van der Waals surface area contributed by atoms with Gasteiger partial charge in [0, 0.05) is 24.1 Å². The minimum absolute atomic E-state index is 0.0650. The molecule has 3 heterocycles. The minimum Gasteiger partial charge on any atom is -0.293 e. The monoisotopic (exact) mass is 303 g/mol. The van der Waals surface area contributed by atoms with Crippen LogP contribution in [0, 0.1) is 0 Å². The normalized spacial score (nSPS) is 31.3. The zero-order valence-electron chi connectivity index (χ0n) is 11.2. The highest BCUT2D eigenvalue weighted by Crippen LogP contribution is 2.57. The minimum atomic E-state index is 0.0650. The number of hydrogen-bond donors (Lipinski definition) is 0. The lowest BCUT2D eigenvalue weighted by Gasteiger charge is -2.34. The molecule has 2 nitrogen and oxygen atoms in total. The van der Waals surface area contributed by atoms with Gasteiger partial charge >= 0.3 is 0 Å². The first kappa shape index (κ1) is 13.0. The fraction of sp³-hybridized carbons (Fsp3) is 0.438. The summed E-state index contributed by atoms with van der Waals surface area (Å²) in [7, 11) is 0. The molecule has 1 spiro atoms. The summed E-state index contributed by atoms with van der Waals surface area (Å²) in [4.78, 5) is 14.9. The van der Waals surface area contributed by atoms with Crippen molar-refractivity contribution in [2.75, 3.05) is 11.5 Å². The first-order valence-electron chi connectivity index (χ1n) is 7.08. The van der Waals surface area contributed by atoms with E-state index in [4.69, 9.17) is 0 Å². The van der Waals surface area contributed by atoms with Crippen molar-refractivity contribution in [3.05, 3.63) is 48.0 Å². The maximum atomic E-state index is 12.5. The molecule has 1 aromatic carbocycles. The van der Waals surface area contributed by atoms with Crippen molar-refractivity contribution in [3.63, 3.8) is 0 Å². The van der Waals surface area contributed by atoms with Gasteiger partial charge in [0.25, 0.3) is 0 Å². The number of benzene rings is 1. The fourth-order valence-corrected chi connectivity index (χ4v) is 7.16. The molecule has 1 aromatic rings. The average molecular weight is 303 g/mol. The van der Waals surface area contributed by atoms with Crippen LogP contribution in [0.1, 0.15) is 12.0 Å². The topological polar surface area (TPSA) is 20.3 Å². The van der Waals surface area contributed by atoms with Crippen molar-refractivity contribution in [3.8, 4) is 0 Å². The van der Waals surface area contributed by atoms with Gasteiger partial charge < -0.3 is 0 Å². The van der Waals surface area contributed by atoms with E-state index in [1.54, 1.807) is 0 Å². The van der Waals surface area contributed by atoms with Gasteiger partial charge in [0.05, 0.1) is 10.1 Å². The SMILES string of the molecule is O=C1C=CC2CC3(SCCS3)C1N2Cc1ccccc1. The van der Waals surface area contributed by atoms with Crippen LogP contribution in [-0.2, 0) is 11.3 Å². The number of hydrogen-bond acceptors (Lipinski definition) is 4. The molecule has 0 N–H and O–H groups in total. The van der Waals surface area contributed by atoms with Gasteiger partial charge in [-0.05, 0) is 18.1 Å². The van der Waals surface area contributed by atoms with Gasteiger partial charge in [-0.25, -0.2) is 0 Å². The summed E-state index contributed by atoms with van der Waals surface area (Å²) in [5, 5.41) is 0. The second-order valence-corrected chi connectivity index (χ2v) is 8.71. The Hall–Kier alpha value is -0.710. The Morgan fingerprint density at radius 1 is 1.20 bits per heavy atom. The van der Waals surface area contributed by atoms with Crippen molar-refractivity contribution >= 4 is 29.3 Å². The summed E-state index contributed by atoms with van der Waals surface area (Å²) in [6, 6.07) is 11.0. The molecule has 0 aliphatic carbocycles. The quantitative estimate of drug-likeness (QED) is 0.837. The van der Waals surface area contributed by atoms with Crippen molar-refractivity contribution in [1.82, 2.24) is 4.90 Å².